The number of hydrogen-bond acceptors (Lipinski definition) is 2. The lowest BCUT2D eigenvalue weighted by atomic mass is 10.0. The Kier molecular flexibility index (Phi) is 4.61. The summed E-state index contributed by atoms with van der Waals surface area (Å²) in [6.07, 6.45) is 2.65. The van der Waals surface area contributed by atoms with E-state index in [9.17, 15) is 5.11 Å². The molecule has 0 aromatic carbocycles. The van der Waals surface area contributed by atoms with Crippen molar-refractivity contribution in [1.82, 2.24) is 0 Å². The van der Waals surface area contributed by atoms with Gasteiger partial charge in [0, 0.05) is 0 Å². The lowest BCUT2D eigenvalue weighted by Gasteiger charge is -2.09. The molecule has 2 atom stereocenters. The molecular formula is C8H13NO. The molecule has 56 valence electrons. The van der Waals surface area contributed by atoms with Crippen molar-refractivity contribution in [3.8, 4) is 6.07 Å². The molecule has 0 aliphatic rings. The third kappa shape index (κ3) is 3.26. The van der Waals surface area contributed by atoms with Crippen LogP contribution in [0.15, 0.2) is 12.7 Å². The van der Waals surface area contributed by atoms with Crippen LogP contribution >= 0.6 is 0 Å². The first-order chi connectivity index (χ1) is 4.72. The van der Waals surface area contributed by atoms with Crippen molar-refractivity contribution in [3.63, 3.8) is 0 Å². The van der Waals surface area contributed by atoms with Crippen molar-refractivity contribution in [2.75, 3.05) is 0 Å². The van der Waals surface area contributed by atoms with Crippen LogP contribution in [0.1, 0.15) is 19.8 Å². The van der Waals surface area contributed by atoms with Crippen LogP contribution in [-0.2, 0) is 0 Å². The van der Waals surface area contributed by atoms with E-state index in [-0.39, 0.29) is 5.92 Å². The van der Waals surface area contributed by atoms with Crippen LogP contribution in [0.25, 0.3) is 0 Å². The van der Waals surface area contributed by atoms with E-state index in [0.29, 0.717) is 6.42 Å². The maximum absolute atomic E-state index is 9.18. The van der Waals surface area contributed by atoms with E-state index in [1.165, 1.54) is 0 Å². The van der Waals surface area contributed by atoms with Crippen LogP contribution in [0.4, 0.5) is 0 Å². The SMILES string of the molecule is C=CCCC(O)C(C)C#N. The summed E-state index contributed by atoms with van der Waals surface area (Å²) in [4.78, 5) is 0. The Labute approximate surface area is 61.8 Å². The second-order valence-corrected chi connectivity index (χ2v) is 2.35. The summed E-state index contributed by atoms with van der Waals surface area (Å²) < 4.78 is 0. The van der Waals surface area contributed by atoms with Gasteiger partial charge in [-0.3, -0.25) is 0 Å². The molecule has 2 heteroatoms. The Morgan fingerprint density at radius 2 is 2.40 bits per heavy atom. The monoisotopic (exact) mass is 139 g/mol. The molecule has 0 bridgehead atoms. The van der Waals surface area contributed by atoms with Gasteiger partial charge < -0.3 is 5.11 Å². The predicted molar refractivity (Wildman–Crippen MR) is 40.2 cm³/mol. The van der Waals surface area contributed by atoms with Gasteiger partial charge in [0.2, 0.25) is 0 Å². The fourth-order valence-corrected chi connectivity index (χ4v) is 0.625. The molecule has 0 aromatic rings. The van der Waals surface area contributed by atoms with Crippen LogP contribution in [0.2, 0.25) is 0 Å². The van der Waals surface area contributed by atoms with Crippen LogP contribution < -0.4 is 0 Å². The summed E-state index contributed by atoms with van der Waals surface area (Å²) in [5, 5.41) is 17.5. The third-order valence-electron chi connectivity index (χ3n) is 1.45. The molecule has 1 N–H and O–H groups in total. The number of aliphatic hydroxyl groups excluding tert-OH is 1. The highest BCUT2D eigenvalue weighted by atomic mass is 16.3. The molecule has 0 aromatic heterocycles. The molecule has 0 rings (SSSR count). The van der Waals surface area contributed by atoms with E-state index < -0.39 is 6.10 Å². The van der Waals surface area contributed by atoms with Crippen molar-refractivity contribution < 1.29 is 5.11 Å². The Balaban J connectivity index is 3.52. The van der Waals surface area contributed by atoms with Gasteiger partial charge in [-0.15, -0.1) is 6.58 Å². The van der Waals surface area contributed by atoms with Crippen molar-refractivity contribution in [2.45, 2.75) is 25.9 Å². The molecule has 0 spiro atoms. The molecule has 0 aliphatic carbocycles. The average molecular weight is 139 g/mol. The van der Waals surface area contributed by atoms with Gasteiger partial charge in [-0.2, -0.15) is 5.26 Å². The topological polar surface area (TPSA) is 44.0 Å². The summed E-state index contributed by atoms with van der Waals surface area (Å²) in [7, 11) is 0. The van der Waals surface area contributed by atoms with E-state index in [1.54, 1.807) is 13.0 Å². The van der Waals surface area contributed by atoms with E-state index in [2.05, 4.69) is 6.58 Å². The number of nitrogens with zero attached hydrogens (tertiary/aromatic N) is 1. The minimum atomic E-state index is -0.497. The molecule has 0 fully saturated rings. The van der Waals surface area contributed by atoms with Gasteiger partial charge in [0.25, 0.3) is 0 Å². The molecule has 10 heavy (non-hydrogen) atoms. The van der Waals surface area contributed by atoms with Crippen molar-refractivity contribution in [3.05, 3.63) is 12.7 Å². The number of hydrogen-bond donors (Lipinski definition) is 1. The number of nitriles is 1. The van der Waals surface area contributed by atoms with Crippen molar-refractivity contribution >= 4 is 0 Å². The first kappa shape index (κ1) is 9.19. The first-order valence-electron chi connectivity index (χ1n) is 3.41. The maximum Gasteiger partial charge on any atom is 0.0698 e. The number of rotatable bonds is 4. The zero-order valence-corrected chi connectivity index (χ0v) is 6.25. The standard InChI is InChI=1S/C8H13NO/c1-3-4-5-8(10)7(2)6-9/h3,7-8,10H,1,4-5H2,2H3. The van der Waals surface area contributed by atoms with E-state index in [1.807, 2.05) is 6.07 Å². The van der Waals surface area contributed by atoms with E-state index in [4.69, 9.17) is 5.26 Å². The summed E-state index contributed by atoms with van der Waals surface area (Å²) >= 11 is 0. The Morgan fingerprint density at radius 1 is 1.80 bits per heavy atom. The number of aliphatic hydroxyl groups is 1. The number of allylic oxidation sites excluding steroid dienone is 1. The van der Waals surface area contributed by atoms with Gasteiger partial charge in [0.15, 0.2) is 0 Å². The zero-order chi connectivity index (χ0) is 7.98. The highest BCUT2D eigenvalue weighted by Gasteiger charge is 2.10. The molecular weight excluding hydrogens is 126 g/mol. The molecule has 0 saturated heterocycles. The minimum Gasteiger partial charge on any atom is -0.392 e. The quantitative estimate of drug-likeness (QED) is 0.599. The molecule has 0 heterocycles. The second-order valence-electron chi connectivity index (χ2n) is 2.35. The Bertz CT molecular complexity index is 137. The summed E-state index contributed by atoms with van der Waals surface area (Å²) in [5.74, 6) is -0.264. The zero-order valence-electron chi connectivity index (χ0n) is 6.25. The predicted octanol–water partition coefficient (Wildman–Crippen LogP) is 1.47. The summed E-state index contributed by atoms with van der Waals surface area (Å²) in [6, 6.07) is 1.99. The molecule has 0 radical (unpaired) electrons. The van der Waals surface area contributed by atoms with Gasteiger partial charge in [-0.05, 0) is 19.8 Å². The van der Waals surface area contributed by atoms with Gasteiger partial charge in [-0.1, -0.05) is 6.08 Å². The molecule has 0 aliphatic heterocycles. The van der Waals surface area contributed by atoms with Gasteiger partial charge in [0.05, 0.1) is 18.1 Å². The Morgan fingerprint density at radius 3 is 2.80 bits per heavy atom. The normalized spacial score (nSPS) is 15.3. The van der Waals surface area contributed by atoms with Crippen molar-refractivity contribution in [1.29, 1.82) is 5.26 Å². The van der Waals surface area contributed by atoms with Crippen LogP contribution in [0.5, 0.6) is 0 Å². The Hall–Kier alpha value is -0.810. The highest BCUT2D eigenvalue weighted by molar-refractivity contribution is 4.85. The van der Waals surface area contributed by atoms with Crippen LogP contribution in [-0.4, -0.2) is 11.2 Å². The first-order valence-corrected chi connectivity index (χ1v) is 3.41. The molecule has 0 amide bonds. The third-order valence-corrected chi connectivity index (χ3v) is 1.45. The lowest BCUT2D eigenvalue weighted by Crippen LogP contribution is -2.15. The van der Waals surface area contributed by atoms with Gasteiger partial charge in [0.1, 0.15) is 0 Å². The van der Waals surface area contributed by atoms with Crippen LogP contribution in [0, 0.1) is 17.2 Å². The largest absolute Gasteiger partial charge is 0.392 e. The van der Waals surface area contributed by atoms with Crippen LogP contribution in [0.3, 0.4) is 0 Å². The molecule has 0 saturated carbocycles. The molecule has 2 nitrogen and oxygen atoms in total. The summed E-state index contributed by atoms with van der Waals surface area (Å²) in [5.41, 5.74) is 0. The minimum absolute atomic E-state index is 0.264. The van der Waals surface area contributed by atoms with Gasteiger partial charge in [-0.25, -0.2) is 0 Å². The smallest absolute Gasteiger partial charge is 0.0698 e. The average Bonchev–Trinajstić information content (AvgIpc) is 1.98. The highest BCUT2D eigenvalue weighted by Crippen LogP contribution is 2.07. The van der Waals surface area contributed by atoms with Crippen molar-refractivity contribution in [2.24, 2.45) is 5.92 Å². The van der Waals surface area contributed by atoms with Gasteiger partial charge >= 0.3 is 0 Å². The second kappa shape index (κ2) is 5.01. The lowest BCUT2D eigenvalue weighted by molar-refractivity contribution is 0.132. The maximum atomic E-state index is 9.18. The summed E-state index contributed by atoms with van der Waals surface area (Å²) in [6.45, 7) is 5.24. The fraction of sp³-hybridized carbons (Fsp3) is 0.625. The van der Waals surface area contributed by atoms with E-state index in [0.717, 1.165) is 6.42 Å². The van der Waals surface area contributed by atoms with E-state index >= 15 is 0 Å². The molecule has 2 unspecified atom stereocenters. The fourth-order valence-electron chi connectivity index (χ4n) is 0.625.